The Morgan fingerprint density at radius 2 is 1.91 bits per heavy atom. The lowest BCUT2D eigenvalue weighted by Gasteiger charge is -2.53. The van der Waals surface area contributed by atoms with Crippen LogP contribution in [0.5, 0.6) is 5.75 Å². The van der Waals surface area contributed by atoms with Crippen LogP contribution in [0.15, 0.2) is 30.3 Å². The summed E-state index contributed by atoms with van der Waals surface area (Å²) in [6.07, 6.45) is 3.19. The second-order valence-corrected chi connectivity index (χ2v) is 6.90. The van der Waals surface area contributed by atoms with Gasteiger partial charge in [0.25, 0.3) is 5.91 Å². The molecule has 2 rings (SSSR count). The number of thioether (sulfide) groups is 2. The minimum absolute atomic E-state index is 0.0526. The Morgan fingerprint density at radius 1 is 1.27 bits per heavy atom. The molecule has 1 saturated heterocycles. The molecule has 0 radical (unpaired) electrons. The highest BCUT2D eigenvalue weighted by Crippen LogP contribution is 2.49. The monoisotopic (exact) mass is 341 g/mol. The van der Waals surface area contributed by atoms with E-state index in [1.54, 1.807) is 6.92 Å². The van der Waals surface area contributed by atoms with Crippen LogP contribution in [0.2, 0.25) is 0 Å². The number of nitrogens with zero attached hydrogens (tertiary/aromatic N) is 1. The van der Waals surface area contributed by atoms with Crippen molar-refractivity contribution in [3.63, 3.8) is 0 Å². The number of carbonyl (C=O) groups excluding carboxylic acids is 2. The van der Waals surface area contributed by atoms with Gasteiger partial charge in [0.2, 0.25) is 6.10 Å². The molecule has 120 valence electrons. The molecule has 1 fully saturated rings. The van der Waals surface area contributed by atoms with E-state index in [4.69, 9.17) is 9.47 Å². The van der Waals surface area contributed by atoms with Crippen LogP contribution in [0, 0.1) is 0 Å². The molecule has 0 saturated carbocycles. The van der Waals surface area contributed by atoms with Gasteiger partial charge in [0.05, 0.1) is 6.61 Å². The molecular formula is C15H19NO4S2. The fraction of sp³-hybridized carbons (Fsp3) is 0.467. The lowest BCUT2D eigenvalue weighted by molar-refractivity contribution is -0.166. The van der Waals surface area contributed by atoms with Crippen molar-refractivity contribution in [2.24, 2.45) is 0 Å². The Labute approximate surface area is 138 Å². The second kappa shape index (κ2) is 7.28. The quantitative estimate of drug-likeness (QED) is 0.431. The molecule has 0 aliphatic carbocycles. The van der Waals surface area contributed by atoms with Crippen LogP contribution in [0.4, 0.5) is 0 Å². The van der Waals surface area contributed by atoms with E-state index in [1.165, 1.54) is 28.4 Å². The maximum Gasteiger partial charge on any atom is 0.325 e. The smallest absolute Gasteiger partial charge is 0.325 e. The highest BCUT2D eigenvalue weighted by Gasteiger charge is 2.62. The lowest BCUT2D eigenvalue weighted by atomic mass is 10.1. The number of carbonyl (C=O) groups is 2. The molecule has 7 heteroatoms. The van der Waals surface area contributed by atoms with Crippen LogP contribution < -0.4 is 4.74 Å². The summed E-state index contributed by atoms with van der Waals surface area (Å²) in [5.41, 5.74) is 0. The number of hydrogen-bond donors (Lipinski definition) is 0. The van der Waals surface area contributed by atoms with Gasteiger partial charge in [0.15, 0.2) is 4.20 Å². The number of rotatable bonds is 7. The fourth-order valence-corrected chi connectivity index (χ4v) is 4.47. The molecule has 22 heavy (non-hydrogen) atoms. The van der Waals surface area contributed by atoms with Gasteiger partial charge in [-0.05, 0) is 31.6 Å². The van der Waals surface area contributed by atoms with Crippen molar-refractivity contribution in [3.8, 4) is 5.75 Å². The van der Waals surface area contributed by atoms with Crippen LogP contribution in [0.3, 0.4) is 0 Å². The Morgan fingerprint density at radius 3 is 2.45 bits per heavy atom. The number of hydrogen-bond acceptors (Lipinski definition) is 6. The summed E-state index contributed by atoms with van der Waals surface area (Å²) in [5, 5.41) is 0. The minimum atomic E-state index is -0.616. The Hall–Kier alpha value is -1.34. The third-order valence-electron chi connectivity index (χ3n) is 3.37. The highest BCUT2D eigenvalue weighted by molar-refractivity contribution is 8.17. The fourth-order valence-electron chi connectivity index (χ4n) is 2.33. The molecule has 0 aromatic heterocycles. The number of ether oxygens (including phenoxy) is 2. The largest absolute Gasteiger partial charge is 0.476 e. The SMILES string of the molecule is CCOC(=O)CN1C(=O)C(Oc2ccccc2)C1(SC)SC. The summed E-state index contributed by atoms with van der Waals surface area (Å²) in [7, 11) is 0. The van der Waals surface area contributed by atoms with Gasteiger partial charge in [-0.25, -0.2) is 0 Å². The van der Waals surface area contributed by atoms with Gasteiger partial charge in [-0.3, -0.25) is 9.59 Å². The van der Waals surface area contributed by atoms with Crippen molar-refractivity contribution >= 4 is 35.4 Å². The molecule has 0 spiro atoms. The normalized spacial score (nSPS) is 19.5. The first kappa shape index (κ1) is 17.0. The Kier molecular flexibility index (Phi) is 5.63. The van der Waals surface area contributed by atoms with Crippen LogP contribution in [0.1, 0.15) is 6.92 Å². The van der Waals surface area contributed by atoms with Gasteiger partial charge in [-0.1, -0.05) is 18.2 Å². The summed E-state index contributed by atoms with van der Waals surface area (Å²) < 4.78 is 10.2. The zero-order valence-electron chi connectivity index (χ0n) is 12.8. The number of amides is 1. The van der Waals surface area contributed by atoms with Crippen molar-refractivity contribution < 1.29 is 19.1 Å². The molecule has 1 aromatic carbocycles. The summed E-state index contributed by atoms with van der Waals surface area (Å²) in [6.45, 7) is 1.99. The van der Waals surface area contributed by atoms with Crippen LogP contribution in [-0.2, 0) is 14.3 Å². The molecule has 5 nitrogen and oxygen atoms in total. The molecule has 0 N–H and O–H groups in total. The topological polar surface area (TPSA) is 55.8 Å². The van der Waals surface area contributed by atoms with Gasteiger partial charge in [0.1, 0.15) is 12.3 Å². The van der Waals surface area contributed by atoms with E-state index < -0.39 is 16.3 Å². The van der Waals surface area contributed by atoms with Gasteiger partial charge < -0.3 is 14.4 Å². The van der Waals surface area contributed by atoms with E-state index in [0.717, 1.165) is 0 Å². The molecular weight excluding hydrogens is 322 g/mol. The van der Waals surface area contributed by atoms with Gasteiger partial charge in [-0.15, -0.1) is 23.5 Å². The molecule has 1 aliphatic heterocycles. The summed E-state index contributed by atoms with van der Waals surface area (Å²) in [4.78, 5) is 25.6. The van der Waals surface area contributed by atoms with E-state index in [-0.39, 0.29) is 12.5 Å². The average Bonchev–Trinajstić information content (AvgIpc) is 2.55. The standard InChI is InChI=1S/C15H19NO4S2/c1-4-19-12(17)10-16-14(18)13(15(16,21-2)22-3)20-11-8-6-5-7-9-11/h5-9,13H,4,10H2,1-3H3. The Bertz CT molecular complexity index is 534. The maximum atomic E-state index is 12.4. The van der Waals surface area contributed by atoms with Crippen molar-refractivity contribution in [1.29, 1.82) is 0 Å². The summed E-state index contributed by atoms with van der Waals surface area (Å²) >= 11 is 2.99. The minimum Gasteiger partial charge on any atom is -0.476 e. The van der Waals surface area contributed by atoms with Crippen LogP contribution >= 0.6 is 23.5 Å². The van der Waals surface area contributed by atoms with Crippen LogP contribution in [0.25, 0.3) is 0 Å². The number of para-hydroxylation sites is 1. The first-order valence-corrected chi connectivity index (χ1v) is 9.33. The number of esters is 1. The van der Waals surface area contributed by atoms with Crippen molar-refractivity contribution in [2.45, 2.75) is 17.2 Å². The van der Waals surface area contributed by atoms with Crippen molar-refractivity contribution in [1.82, 2.24) is 4.90 Å². The van der Waals surface area contributed by atoms with E-state index >= 15 is 0 Å². The molecule has 1 unspecified atom stereocenters. The van der Waals surface area contributed by atoms with E-state index in [9.17, 15) is 9.59 Å². The van der Waals surface area contributed by atoms with E-state index in [1.807, 2.05) is 42.8 Å². The summed E-state index contributed by atoms with van der Waals surface area (Å²) in [5.74, 6) is 0.0474. The molecule has 0 bridgehead atoms. The zero-order valence-corrected chi connectivity index (χ0v) is 14.4. The predicted molar refractivity (Wildman–Crippen MR) is 89.0 cm³/mol. The molecule has 1 aromatic rings. The maximum absolute atomic E-state index is 12.4. The third kappa shape index (κ3) is 3.05. The average molecular weight is 341 g/mol. The molecule has 1 heterocycles. The van der Waals surface area contributed by atoms with Crippen molar-refractivity contribution in [2.75, 3.05) is 25.7 Å². The first-order chi connectivity index (χ1) is 10.6. The Balaban J connectivity index is 2.14. The number of β-lactam (4-membered cyclic amide) rings is 1. The molecule has 1 amide bonds. The molecule has 1 atom stereocenters. The summed E-state index contributed by atoms with van der Waals surface area (Å²) in [6, 6.07) is 9.22. The second-order valence-electron chi connectivity index (χ2n) is 4.58. The lowest BCUT2D eigenvalue weighted by Crippen LogP contribution is -2.73. The predicted octanol–water partition coefficient (Wildman–Crippen LogP) is 2.22. The van der Waals surface area contributed by atoms with Crippen LogP contribution in [-0.4, -0.2) is 52.7 Å². The van der Waals surface area contributed by atoms with Gasteiger partial charge in [0, 0.05) is 0 Å². The number of benzene rings is 1. The number of likely N-dealkylation sites (tertiary alicyclic amines) is 1. The van der Waals surface area contributed by atoms with Gasteiger partial charge in [-0.2, -0.15) is 0 Å². The van der Waals surface area contributed by atoms with E-state index in [0.29, 0.717) is 12.4 Å². The third-order valence-corrected chi connectivity index (χ3v) is 6.41. The van der Waals surface area contributed by atoms with Crippen molar-refractivity contribution in [3.05, 3.63) is 30.3 Å². The highest BCUT2D eigenvalue weighted by atomic mass is 32.2. The van der Waals surface area contributed by atoms with Gasteiger partial charge >= 0.3 is 5.97 Å². The molecule has 1 aliphatic rings. The zero-order chi connectivity index (χ0) is 16.2. The first-order valence-electron chi connectivity index (χ1n) is 6.88. The van der Waals surface area contributed by atoms with E-state index in [2.05, 4.69) is 0 Å².